The first-order chi connectivity index (χ1) is 10.6. The first-order valence-electron chi connectivity index (χ1n) is 7.54. The maximum atomic E-state index is 11.9. The second-order valence-electron chi connectivity index (χ2n) is 5.37. The topological polar surface area (TPSA) is 142 Å². The second-order valence-corrected chi connectivity index (χ2v) is 5.37. The Balaban J connectivity index is 4.42. The highest BCUT2D eigenvalue weighted by molar-refractivity contribution is 5.94. The number of rotatable bonds is 8. The number of nitrogens with two attached hydrogens (primary N) is 1. The molecule has 0 radical (unpaired) electrons. The van der Waals surface area contributed by atoms with Crippen molar-refractivity contribution >= 4 is 23.6 Å². The third kappa shape index (κ3) is 7.59. The molecule has 0 bridgehead atoms. The normalized spacial score (nSPS) is 15.6. The van der Waals surface area contributed by atoms with Crippen molar-refractivity contribution in [3.8, 4) is 0 Å². The van der Waals surface area contributed by atoms with Crippen molar-refractivity contribution in [1.82, 2.24) is 21.3 Å². The minimum Gasteiger partial charge on any atom is -0.355 e. The molecule has 0 spiro atoms. The zero-order valence-electron chi connectivity index (χ0n) is 14.2. The van der Waals surface area contributed by atoms with Gasteiger partial charge in [-0.3, -0.25) is 19.2 Å². The number of likely N-dealkylation sites (N-methyl/N-ethyl adjacent to an activating group) is 1. The lowest BCUT2D eigenvalue weighted by molar-refractivity contribution is -0.133. The average molecular weight is 329 g/mol. The molecule has 4 atom stereocenters. The molecule has 0 saturated heterocycles. The Kier molecular flexibility index (Phi) is 8.86. The van der Waals surface area contributed by atoms with Gasteiger partial charge in [-0.15, -0.1) is 0 Å². The second kappa shape index (κ2) is 9.78. The summed E-state index contributed by atoms with van der Waals surface area (Å²) in [5.41, 5.74) is 5.40. The van der Waals surface area contributed by atoms with Crippen LogP contribution in [0.5, 0.6) is 0 Å². The van der Waals surface area contributed by atoms with Crippen LogP contribution in [0.15, 0.2) is 0 Å². The summed E-state index contributed by atoms with van der Waals surface area (Å²) in [6.07, 6.45) is 0. The van der Waals surface area contributed by atoms with E-state index in [2.05, 4.69) is 21.3 Å². The lowest BCUT2D eigenvalue weighted by Crippen LogP contribution is -2.55. The summed E-state index contributed by atoms with van der Waals surface area (Å²) in [5.74, 6) is -1.79. The number of carbonyl (C=O) groups is 4. The van der Waals surface area contributed by atoms with Crippen molar-refractivity contribution in [2.24, 2.45) is 5.73 Å². The van der Waals surface area contributed by atoms with Crippen LogP contribution < -0.4 is 27.0 Å². The van der Waals surface area contributed by atoms with Gasteiger partial charge in [0.2, 0.25) is 23.6 Å². The lowest BCUT2D eigenvalue weighted by atomic mass is 10.2. The van der Waals surface area contributed by atoms with Crippen LogP contribution in [0, 0.1) is 0 Å². The molecule has 0 aromatic rings. The van der Waals surface area contributed by atoms with E-state index in [1.54, 1.807) is 13.8 Å². The zero-order valence-corrected chi connectivity index (χ0v) is 14.2. The van der Waals surface area contributed by atoms with Crippen molar-refractivity contribution in [2.45, 2.75) is 58.8 Å². The molecule has 0 rings (SSSR count). The molecule has 4 unspecified atom stereocenters. The Labute approximate surface area is 136 Å². The van der Waals surface area contributed by atoms with Crippen LogP contribution in [0.25, 0.3) is 0 Å². The smallest absolute Gasteiger partial charge is 0.242 e. The van der Waals surface area contributed by atoms with Crippen molar-refractivity contribution in [2.75, 3.05) is 6.54 Å². The molecule has 9 nitrogen and oxygen atoms in total. The van der Waals surface area contributed by atoms with Crippen LogP contribution in [0.2, 0.25) is 0 Å². The number of nitrogens with one attached hydrogen (secondary N) is 4. The van der Waals surface area contributed by atoms with Gasteiger partial charge in [-0.2, -0.15) is 0 Å². The molecule has 0 aliphatic carbocycles. The molecule has 6 N–H and O–H groups in total. The van der Waals surface area contributed by atoms with E-state index in [4.69, 9.17) is 5.73 Å². The fourth-order valence-electron chi connectivity index (χ4n) is 1.55. The molecule has 0 fully saturated rings. The van der Waals surface area contributed by atoms with E-state index in [0.717, 1.165) is 0 Å². The quantitative estimate of drug-likeness (QED) is 0.349. The Hall–Kier alpha value is -2.16. The Bertz CT molecular complexity index is 452. The highest BCUT2D eigenvalue weighted by atomic mass is 16.2. The highest BCUT2D eigenvalue weighted by Gasteiger charge is 2.23. The summed E-state index contributed by atoms with van der Waals surface area (Å²) in [4.78, 5) is 46.8. The van der Waals surface area contributed by atoms with Crippen molar-refractivity contribution in [3.05, 3.63) is 0 Å². The Morgan fingerprint density at radius 3 is 1.43 bits per heavy atom. The lowest BCUT2D eigenvalue weighted by Gasteiger charge is -2.20. The predicted octanol–water partition coefficient (Wildman–Crippen LogP) is -2.02. The van der Waals surface area contributed by atoms with Crippen molar-refractivity contribution < 1.29 is 19.2 Å². The Morgan fingerprint density at radius 1 is 0.739 bits per heavy atom. The standard InChI is InChI=1S/C14H27N5O4/c1-6-16-12(21)8(3)18-14(23)10(5)19-13(22)9(4)17-11(20)7(2)15/h7-10H,6,15H2,1-5H3,(H,16,21)(H,17,20)(H,18,23)(H,19,22). The van der Waals surface area contributed by atoms with Gasteiger partial charge in [0.25, 0.3) is 0 Å². The fraction of sp³-hybridized carbons (Fsp3) is 0.714. The van der Waals surface area contributed by atoms with Crippen LogP contribution in [0.4, 0.5) is 0 Å². The maximum Gasteiger partial charge on any atom is 0.242 e. The van der Waals surface area contributed by atoms with Crippen LogP contribution in [0.3, 0.4) is 0 Å². The fourth-order valence-corrected chi connectivity index (χ4v) is 1.55. The van der Waals surface area contributed by atoms with Gasteiger partial charge in [0.05, 0.1) is 6.04 Å². The summed E-state index contributed by atoms with van der Waals surface area (Å²) in [6.45, 7) is 8.24. The van der Waals surface area contributed by atoms with Gasteiger partial charge in [-0.05, 0) is 34.6 Å². The van der Waals surface area contributed by atoms with Crippen molar-refractivity contribution in [1.29, 1.82) is 0 Å². The summed E-state index contributed by atoms with van der Waals surface area (Å²) in [6, 6.07) is -3.13. The van der Waals surface area contributed by atoms with Gasteiger partial charge in [0, 0.05) is 6.54 Å². The van der Waals surface area contributed by atoms with E-state index in [-0.39, 0.29) is 5.91 Å². The van der Waals surface area contributed by atoms with E-state index in [1.165, 1.54) is 20.8 Å². The first-order valence-corrected chi connectivity index (χ1v) is 7.54. The number of hydrogen-bond acceptors (Lipinski definition) is 5. The third-order valence-corrected chi connectivity index (χ3v) is 3.02. The molecule has 0 saturated carbocycles. The van der Waals surface area contributed by atoms with Crippen LogP contribution >= 0.6 is 0 Å². The molecule has 0 aliphatic heterocycles. The van der Waals surface area contributed by atoms with Gasteiger partial charge in [0.1, 0.15) is 18.1 Å². The van der Waals surface area contributed by atoms with Crippen LogP contribution in [-0.4, -0.2) is 54.3 Å². The molecular formula is C14H27N5O4. The summed E-state index contributed by atoms with van der Waals surface area (Å²) in [7, 11) is 0. The van der Waals surface area contributed by atoms with E-state index in [1.807, 2.05) is 0 Å². The Morgan fingerprint density at radius 2 is 1.09 bits per heavy atom. The summed E-state index contributed by atoms with van der Waals surface area (Å²) < 4.78 is 0. The van der Waals surface area contributed by atoms with Crippen LogP contribution in [-0.2, 0) is 19.2 Å². The molecule has 23 heavy (non-hydrogen) atoms. The maximum absolute atomic E-state index is 11.9. The molecule has 0 aromatic heterocycles. The van der Waals surface area contributed by atoms with Gasteiger partial charge in [0.15, 0.2) is 0 Å². The molecule has 0 aliphatic rings. The van der Waals surface area contributed by atoms with Crippen molar-refractivity contribution in [3.63, 3.8) is 0 Å². The zero-order chi connectivity index (χ0) is 18.2. The molecule has 132 valence electrons. The monoisotopic (exact) mass is 329 g/mol. The first kappa shape index (κ1) is 20.8. The number of amides is 4. The van der Waals surface area contributed by atoms with E-state index >= 15 is 0 Å². The van der Waals surface area contributed by atoms with Gasteiger partial charge >= 0.3 is 0 Å². The predicted molar refractivity (Wildman–Crippen MR) is 85.1 cm³/mol. The van der Waals surface area contributed by atoms with Gasteiger partial charge in [-0.1, -0.05) is 0 Å². The minimum atomic E-state index is -0.853. The van der Waals surface area contributed by atoms with Crippen LogP contribution in [0.1, 0.15) is 34.6 Å². The van der Waals surface area contributed by atoms with E-state index in [0.29, 0.717) is 6.54 Å². The molecule has 0 heterocycles. The number of hydrogen-bond donors (Lipinski definition) is 5. The molecule has 4 amide bonds. The number of carbonyl (C=O) groups excluding carboxylic acids is 4. The summed E-state index contributed by atoms with van der Waals surface area (Å²) in [5, 5.41) is 9.96. The van der Waals surface area contributed by atoms with Gasteiger partial charge < -0.3 is 27.0 Å². The SMILES string of the molecule is CCNC(=O)C(C)NC(=O)C(C)NC(=O)C(C)NC(=O)C(C)N. The molecule has 0 aromatic carbocycles. The van der Waals surface area contributed by atoms with Gasteiger partial charge in [-0.25, -0.2) is 0 Å². The van der Waals surface area contributed by atoms with E-state index in [9.17, 15) is 19.2 Å². The average Bonchev–Trinajstić information content (AvgIpc) is 2.46. The van der Waals surface area contributed by atoms with E-state index < -0.39 is 41.9 Å². The third-order valence-electron chi connectivity index (χ3n) is 3.02. The molecular weight excluding hydrogens is 302 g/mol. The molecule has 9 heteroatoms. The minimum absolute atomic E-state index is 0.308. The summed E-state index contributed by atoms with van der Waals surface area (Å²) >= 11 is 0. The highest BCUT2D eigenvalue weighted by Crippen LogP contribution is 1.91. The largest absolute Gasteiger partial charge is 0.355 e.